The molecule has 1 aromatic carbocycles. The molecule has 4 aliphatic carbocycles. The molecule has 0 radical (unpaired) electrons. The second kappa shape index (κ2) is 20.0. The average molecular weight is 941 g/mol. The number of ketones is 1. The number of ether oxygens (including phenoxy) is 3. The van der Waals surface area contributed by atoms with E-state index in [4.69, 9.17) is 19.2 Å². The van der Waals surface area contributed by atoms with Crippen LogP contribution < -0.4 is 14.2 Å². The van der Waals surface area contributed by atoms with Crippen molar-refractivity contribution in [2.24, 2.45) is 34.5 Å². The summed E-state index contributed by atoms with van der Waals surface area (Å²) >= 11 is 0. The number of pyridine rings is 1. The molecule has 2 bridgehead atoms. The molecule has 1 unspecified atom stereocenters. The number of carbonyl (C=O) groups is 4. The van der Waals surface area contributed by atoms with Gasteiger partial charge in [0.1, 0.15) is 18.0 Å². The van der Waals surface area contributed by atoms with Crippen LogP contribution in [-0.4, -0.2) is 103 Å². The minimum atomic E-state index is -3.87. The van der Waals surface area contributed by atoms with Gasteiger partial charge in [0.05, 0.1) is 53.3 Å². The van der Waals surface area contributed by atoms with Crippen LogP contribution in [-0.2, 0) is 40.4 Å². The molecule has 364 valence electrons. The molecule has 14 heteroatoms. The number of benzene rings is 1. The van der Waals surface area contributed by atoms with Crippen LogP contribution in [0.25, 0.3) is 10.9 Å². The number of aromatic nitrogens is 1. The summed E-state index contributed by atoms with van der Waals surface area (Å²) in [4.78, 5) is 67.2. The zero-order valence-electron chi connectivity index (χ0n) is 39.8. The van der Waals surface area contributed by atoms with Crippen molar-refractivity contribution >= 4 is 44.5 Å². The van der Waals surface area contributed by atoms with Gasteiger partial charge >= 0.3 is 5.97 Å². The SMILES string of the molecule is C=CC1C[C@]1(CC(=O)[C@@H]1C[C@@H]2CN1C(=O)[C@H](C1CCCC1)CC(=O)O[C@@H]1CCC[C@H]1CC/C=C/Cc1c(nc3ccccc3c1OCCCN1CCCC(C)(C)C1)O2)C(=O)NS(=O)(=O)C1CC1. The van der Waals surface area contributed by atoms with Crippen LogP contribution in [0.2, 0.25) is 0 Å². The first-order chi connectivity index (χ1) is 32.2. The maximum Gasteiger partial charge on any atom is 0.306 e. The van der Waals surface area contributed by atoms with Crippen molar-refractivity contribution in [2.75, 3.05) is 32.8 Å². The van der Waals surface area contributed by atoms with Crippen molar-refractivity contribution < 1.29 is 41.8 Å². The van der Waals surface area contributed by atoms with E-state index in [2.05, 4.69) is 42.2 Å². The van der Waals surface area contributed by atoms with E-state index >= 15 is 4.79 Å². The van der Waals surface area contributed by atoms with Crippen molar-refractivity contribution in [2.45, 2.75) is 159 Å². The van der Waals surface area contributed by atoms with E-state index in [1.807, 2.05) is 24.3 Å². The topological polar surface area (TPSA) is 162 Å². The molecule has 2 saturated heterocycles. The number of sulfonamides is 1. The number of nitrogens with zero attached hydrogens (tertiary/aromatic N) is 3. The standard InChI is InChI=1S/C53H72N4O9S/c1-4-37-31-53(37,51(61)55-67(62,63)39-23-24-39)32-45(58)44-29-38-33-57(44)50(60)42(35-15-8-9-16-35)30-47(59)66-46-22-12-18-36(46)17-6-5-7-20-41-48(40-19-10-11-21-43(40)54-49(41)65-38)64-28-14-27-56-26-13-25-52(2,3)34-56/h4-5,7,10-11,19,21,35-39,42,44,46H,1,6,8-9,12-18,20,22-34H2,2-3H3,(H,55,61)/b7-5+/t36-,37?,38-,42+,44+,46-,53-/m1/s1. The summed E-state index contributed by atoms with van der Waals surface area (Å²) in [5.41, 5.74) is 0.528. The molecule has 0 spiro atoms. The highest BCUT2D eigenvalue weighted by Crippen LogP contribution is 2.57. The van der Waals surface area contributed by atoms with Crippen LogP contribution in [0.1, 0.15) is 135 Å². The summed E-state index contributed by atoms with van der Waals surface area (Å²) < 4.78 is 48.3. The van der Waals surface area contributed by atoms with E-state index in [1.54, 1.807) is 11.0 Å². The number of likely N-dealkylation sites (tertiary alicyclic amines) is 1. The van der Waals surface area contributed by atoms with Gasteiger partial charge in [0.15, 0.2) is 5.78 Å². The number of hydrogen-bond acceptors (Lipinski definition) is 11. The number of amides is 2. The molecule has 67 heavy (non-hydrogen) atoms. The van der Waals surface area contributed by atoms with Crippen LogP contribution in [0.4, 0.5) is 0 Å². The molecule has 13 nitrogen and oxygen atoms in total. The van der Waals surface area contributed by atoms with Gasteiger partial charge in [0, 0.05) is 31.3 Å². The number of hydrogen-bond donors (Lipinski definition) is 1. The van der Waals surface area contributed by atoms with Crippen molar-refractivity contribution in [1.82, 2.24) is 19.5 Å². The minimum absolute atomic E-state index is 0.0425. The normalized spacial score (nSPS) is 31.2. The second-order valence-electron chi connectivity index (χ2n) is 21.8. The summed E-state index contributed by atoms with van der Waals surface area (Å²) in [6.07, 6.45) is 17.9. The number of carbonyl (C=O) groups excluding carboxylic acids is 4. The second-order valence-corrected chi connectivity index (χ2v) is 23.8. The molecule has 4 heterocycles. The average Bonchev–Trinajstić information content (AvgIpc) is 4.08. The van der Waals surface area contributed by atoms with Gasteiger partial charge < -0.3 is 24.0 Å². The molecule has 7 aliphatic rings. The van der Waals surface area contributed by atoms with E-state index in [0.29, 0.717) is 42.7 Å². The number of esters is 1. The fraction of sp³-hybridized carbons (Fsp3) is 0.679. The largest absolute Gasteiger partial charge is 0.492 e. The fourth-order valence-electron chi connectivity index (χ4n) is 12.3. The highest BCUT2D eigenvalue weighted by atomic mass is 32.2. The maximum atomic E-state index is 15.2. The van der Waals surface area contributed by atoms with Gasteiger partial charge in [-0.1, -0.05) is 57.0 Å². The first kappa shape index (κ1) is 47.8. The lowest BCUT2D eigenvalue weighted by Crippen LogP contribution is -2.47. The summed E-state index contributed by atoms with van der Waals surface area (Å²) in [7, 11) is -3.87. The van der Waals surface area contributed by atoms with Crippen molar-refractivity contribution in [3.8, 4) is 11.6 Å². The van der Waals surface area contributed by atoms with E-state index < -0.39 is 50.6 Å². The smallest absolute Gasteiger partial charge is 0.306 e. The molecule has 7 atom stereocenters. The Morgan fingerprint density at radius 1 is 0.985 bits per heavy atom. The summed E-state index contributed by atoms with van der Waals surface area (Å²) in [5, 5.41) is 0.282. The Kier molecular flexibility index (Phi) is 14.2. The predicted octanol–water partition coefficient (Wildman–Crippen LogP) is 8.03. The zero-order chi connectivity index (χ0) is 46.9. The van der Waals surface area contributed by atoms with Gasteiger partial charge in [-0.3, -0.25) is 23.9 Å². The number of para-hydroxylation sites is 1. The molecule has 1 aromatic heterocycles. The molecule has 1 N–H and O–H groups in total. The molecular formula is C53H72N4O9S. The molecular weight excluding hydrogens is 869 g/mol. The fourth-order valence-corrected chi connectivity index (χ4v) is 13.7. The Labute approximate surface area is 397 Å². The summed E-state index contributed by atoms with van der Waals surface area (Å²) in [6.45, 7) is 12.3. The third kappa shape index (κ3) is 10.8. The third-order valence-corrected chi connectivity index (χ3v) is 18.1. The van der Waals surface area contributed by atoms with E-state index in [9.17, 15) is 22.8 Å². The Hall–Kier alpha value is -4.30. The van der Waals surface area contributed by atoms with Crippen molar-refractivity contribution in [1.29, 1.82) is 0 Å². The lowest BCUT2D eigenvalue weighted by atomic mass is 9.84. The maximum absolute atomic E-state index is 15.2. The molecule has 9 rings (SSSR count). The Bertz CT molecular complexity index is 2340. The van der Waals surface area contributed by atoms with Gasteiger partial charge in [-0.25, -0.2) is 13.4 Å². The zero-order valence-corrected chi connectivity index (χ0v) is 40.6. The number of Topliss-reactive ketones (excluding diaryl/α,β-unsaturated/α-hetero) is 1. The van der Waals surface area contributed by atoms with Gasteiger partial charge in [0.2, 0.25) is 27.7 Å². The highest BCUT2D eigenvalue weighted by Gasteiger charge is 2.61. The minimum Gasteiger partial charge on any atom is -0.492 e. The Balaban J connectivity index is 1.05. The van der Waals surface area contributed by atoms with Crippen LogP contribution in [0.15, 0.2) is 49.1 Å². The highest BCUT2D eigenvalue weighted by molar-refractivity contribution is 7.90. The first-order valence-corrected chi connectivity index (χ1v) is 27.1. The predicted molar refractivity (Wildman–Crippen MR) is 256 cm³/mol. The lowest BCUT2D eigenvalue weighted by molar-refractivity contribution is -0.156. The monoisotopic (exact) mass is 941 g/mol. The molecule has 2 aromatic rings. The van der Waals surface area contributed by atoms with Crippen molar-refractivity contribution in [3.63, 3.8) is 0 Å². The number of rotatable bonds is 13. The van der Waals surface area contributed by atoms with Crippen LogP contribution in [0, 0.1) is 34.5 Å². The van der Waals surface area contributed by atoms with Crippen LogP contribution >= 0.6 is 0 Å². The molecule has 4 saturated carbocycles. The molecule has 6 fully saturated rings. The summed E-state index contributed by atoms with van der Waals surface area (Å²) in [6, 6.07) is 6.93. The van der Waals surface area contributed by atoms with Gasteiger partial charge in [0.25, 0.3) is 0 Å². The summed E-state index contributed by atoms with van der Waals surface area (Å²) in [5.74, 6) is -1.46. The van der Waals surface area contributed by atoms with E-state index in [-0.39, 0.29) is 67.8 Å². The third-order valence-electron chi connectivity index (χ3n) is 16.2. The number of allylic oxidation sites excluding steroid dienone is 3. The number of nitrogens with one attached hydrogen (secondary N) is 1. The molecule has 2 amide bonds. The number of piperidine rings is 1. The quantitative estimate of drug-likeness (QED) is 0.118. The van der Waals surface area contributed by atoms with Gasteiger partial charge in [-0.05, 0) is 132 Å². The van der Waals surface area contributed by atoms with E-state index in [1.165, 1.54) is 12.8 Å². The van der Waals surface area contributed by atoms with Crippen LogP contribution in [0.3, 0.4) is 0 Å². The van der Waals surface area contributed by atoms with Gasteiger partial charge in [-0.15, -0.1) is 6.58 Å². The number of fused-ring (bicyclic) bond motifs is 5. The lowest BCUT2D eigenvalue weighted by Gasteiger charge is -2.38. The Morgan fingerprint density at radius 3 is 2.54 bits per heavy atom. The first-order valence-electron chi connectivity index (χ1n) is 25.5. The Morgan fingerprint density at radius 2 is 1.78 bits per heavy atom. The van der Waals surface area contributed by atoms with Crippen LogP contribution in [0.5, 0.6) is 11.6 Å². The van der Waals surface area contributed by atoms with E-state index in [0.717, 1.165) is 101 Å². The van der Waals surface area contributed by atoms with Crippen molar-refractivity contribution in [3.05, 3.63) is 54.6 Å². The molecule has 3 aliphatic heterocycles. The van der Waals surface area contributed by atoms with Gasteiger partial charge in [-0.2, -0.15) is 0 Å².